The minimum atomic E-state index is 0.0777. The summed E-state index contributed by atoms with van der Waals surface area (Å²) in [6.07, 6.45) is 0. The average molecular weight is 230 g/mol. The number of nitrogens with two attached hydrogens (primary N) is 1. The van der Waals surface area contributed by atoms with Crippen molar-refractivity contribution < 1.29 is 9.94 Å². The normalized spacial score (nSPS) is 11.2. The van der Waals surface area contributed by atoms with E-state index >= 15 is 0 Å². The summed E-state index contributed by atoms with van der Waals surface area (Å²) in [6.45, 7) is 0.212. The molecule has 0 atom stereocenters. The van der Waals surface area contributed by atoms with Gasteiger partial charge in [-0.15, -0.1) is 0 Å². The number of ether oxygens (including phenoxy) is 1. The van der Waals surface area contributed by atoms with Crippen LogP contribution in [0.1, 0.15) is 0 Å². The minimum absolute atomic E-state index is 0.0777. The monoisotopic (exact) mass is 229 g/mol. The first-order valence-corrected chi connectivity index (χ1v) is 4.59. The van der Waals surface area contributed by atoms with Crippen LogP contribution in [0.15, 0.2) is 23.4 Å². The standard InChI is InChI=1S/C9H12ClN3O2/c1-15-6-2-3-7(10)8(4-6)12-5-9(11)13-14/h2-4,12,14H,5H2,1H3,(H2,11,13). The van der Waals surface area contributed by atoms with Gasteiger partial charge < -0.3 is 21.0 Å². The van der Waals surface area contributed by atoms with Crippen molar-refractivity contribution in [1.82, 2.24) is 0 Å². The van der Waals surface area contributed by atoms with Crippen LogP contribution < -0.4 is 15.8 Å². The van der Waals surface area contributed by atoms with Crippen molar-refractivity contribution in [3.05, 3.63) is 23.2 Å². The van der Waals surface area contributed by atoms with E-state index < -0.39 is 0 Å². The van der Waals surface area contributed by atoms with E-state index in [0.29, 0.717) is 16.5 Å². The lowest BCUT2D eigenvalue weighted by atomic mass is 10.3. The number of methoxy groups -OCH3 is 1. The minimum Gasteiger partial charge on any atom is -0.497 e. The predicted octanol–water partition coefficient (Wildman–Crippen LogP) is 1.51. The summed E-state index contributed by atoms with van der Waals surface area (Å²) in [4.78, 5) is 0. The summed E-state index contributed by atoms with van der Waals surface area (Å²) in [5.41, 5.74) is 5.97. The van der Waals surface area contributed by atoms with Gasteiger partial charge in [-0.1, -0.05) is 16.8 Å². The molecule has 0 spiro atoms. The molecule has 0 aliphatic rings. The lowest BCUT2D eigenvalue weighted by molar-refractivity contribution is 0.317. The molecule has 1 aromatic rings. The predicted molar refractivity (Wildman–Crippen MR) is 59.9 cm³/mol. The zero-order chi connectivity index (χ0) is 11.3. The van der Waals surface area contributed by atoms with E-state index in [1.54, 1.807) is 25.3 Å². The van der Waals surface area contributed by atoms with Crippen molar-refractivity contribution in [2.45, 2.75) is 0 Å². The van der Waals surface area contributed by atoms with E-state index in [4.69, 9.17) is 27.3 Å². The number of nitrogens with one attached hydrogen (secondary N) is 1. The molecule has 0 aliphatic carbocycles. The number of hydrogen-bond donors (Lipinski definition) is 3. The number of nitrogens with zero attached hydrogens (tertiary/aromatic N) is 1. The highest BCUT2D eigenvalue weighted by atomic mass is 35.5. The van der Waals surface area contributed by atoms with Crippen molar-refractivity contribution in [2.24, 2.45) is 10.9 Å². The Kier molecular flexibility index (Phi) is 4.05. The molecular weight excluding hydrogens is 218 g/mol. The van der Waals surface area contributed by atoms with Crippen molar-refractivity contribution in [2.75, 3.05) is 19.0 Å². The van der Waals surface area contributed by atoms with E-state index in [0.717, 1.165) is 0 Å². The topological polar surface area (TPSA) is 79.9 Å². The molecule has 0 heterocycles. The summed E-state index contributed by atoms with van der Waals surface area (Å²) >= 11 is 5.92. The van der Waals surface area contributed by atoms with E-state index in [-0.39, 0.29) is 12.4 Å². The molecule has 0 bridgehead atoms. The maximum atomic E-state index is 8.35. The van der Waals surface area contributed by atoms with Gasteiger partial charge in [0.05, 0.1) is 24.4 Å². The van der Waals surface area contributed by atoms with Crippen LogP contribution in [0.25, 0.3) is 0 Å². The Morgan fingerprint density at radius 1 is 1.67 bits per heavy atom. The molecule has 6 heteroatoms. The molecule has 0 aliphatic heterocycles. The van der Waals surface area contributed by atoms with Crippen LogP contribution >= 0.6 is 11.6 Å². The van der Waals surface area contributed by atoms with E-state index in [2.05, 4.69) is 10.5 Å². The number of hydrogen-bond acceptors (Lipinski definition) is 4. The van der Waals surface area contributed by atoms with E-state index in [1.807, 2.05) is 0 Å². The number of oxime groups is 1. The lowest BCUT2D eigenvalue weighted by Crippen LogP contribution is -2.22. The zero-order valence-corrected chi connectivity index (χ0v) is 8.95. The number of amidine groups is 1. The maximum absolute atomic E-state index is 8.35. The SMILES string of the molecule is COc1ccc(Cl)c(NCC(N)=NO)c1. The van der Waals surface area contributed by atoms with Gasteiger partial charge in [-0.05, 0) is 12.1 Å². The number of benzene rings is 1. The van der Waals surface area contributed by atoms with Gasteiger partial charge >= 0.3 is 0 Å². The number of halogens is 1. The second-order valence-corrected chi connectivity index (χ2v) is 3.20. The second kappa shape index (κ2) is 5.31. The molecule has 0 saturated carbocycles. The Bertz CT molecular complexity index is 368. The van der Waals surface area contributed by atoms with Crippen molar-refractivity contribution in [3.63, 3.8) is 0 Å². The van der Waals surface area contributed by atoms with Gasteiger partial charge in [-0.3, -0.25) is 0 Å². The summed E-state index contributed by atoms with van der Waals surface area (Å²) < 4.78 is 5.03. The van der Waals surface area contributed by atoms with Gasteiger partial charge in [-0.25, -0.2) is 0 Å². The molecule has 82 valence electrons. The van der Waals surface area contributed by atoms with Gasteiger partial charge in [0.15, 0.2) is 5.84 Å². The first-order chi connectivity index (χ1) is 7.17. The van der Waals surface area contributed by atoms with Crippen molar-refractivity contribution in [1.29, 1.82) is 0 Å². The number of rotatable bonds is 4. The highest BCUT2D eigenvalue weighted by Gasteiger charge is 2.02. The Balaban J connectivity index is 2.75. The van der Waals surface area contributed by atoms with Gasteiger partial charge in [0, 0.05) is 6.07 Å². The van der Waals surface area contributed by atoms with E-state index in [1.165, 1.54) is 0 Å². The quantitative estimate of drug-likeness (QED) is 0.316. The lowest BCUT2D eigenvalue weighted by Gasteiger charge is -2.08. The van der Waals surface area contributed by atoms with Crippen LogP contribution in [0.2, 0.25) is 5.02 Å². The smallest absolute Gasteiger partial charge is 0.158 e. The Labute approximate surface area is 92.5 Å². The molecular formula is C9H12ClN3O2. The Hall–Kier alpha value is -1.62. The van der Waals surface area contributed by atoms with Crippen molar-refractivity contribution in [3.8, 4) is 5.75 Å². The molecule has 0 fully saturated rings. The molecule has 0 radical (unpaired) electrons. The fourth-order valence-corrected chi connectivity index (χ4v) is 1.17. The number of anilines is 1. The molecule has 0 saturated heterocycles. The second-order valence-electron chi connectivity index (χ2n) is 2.79. The first-order valence-electron chi connectivity index (χ1n) is 4.21. The zero-order valence-electron chi connectivity index (χ0n) is 8.20. The summed E-state index contributed by atoms with van der Waals surface area (Å²) in [7, 11) is 1.57. The molecule has 4 N–H and O–H groups in total. The van der Waals surface area contributed by atoms with Gasteiger partial charge in [0.1, 0.15) is 5.75 Å². The van der Waals surface area contributed by atoms with Gasteiger partial charge in [0.2, 0.25) is 0 Å². The summed E-state index contributed by atoms with van der Waals surface area (Å²) in [5.74, 6) is 0.760. The molecule has 5 nitrogen and oxygen atoms in total. The summed E-state index contributed by atoms with van der Waals surface area (Å²) in [5, 5.41) is 14.6. The third kappa shape index (κ3) is 3.21. The van der Waals surface area contributed by atoms with Crippen LogP contribution in [0.3, 0.4) is 0 Å². The summed E-state index contributed by atoms with van der Waals surface area (Å²) in [6, 6.07) is 5.18. The van der Waals surface area contributed by atoms with Crippen molar-refractivity contribution >= 4 is 23.1 Å². The van der Waals surface area contributed by atoms with Gasteiger partial charge in [0.25, 0.3) is 0 Å². The Morgan fingerprint density at radius 2 is 2.40 bits per heavy atom. The average Bonchev–Trinajstić information content (AvgIpc) is 2.27. The fourth-order valence-electron chi connectivity index (χ4n) is 0.988. The highest BCUT2D eigenvalue weighted by Crippen LogP contribution is 2.26. The van der Waals surface area contributed by atoms with Crippen LogP contribution in [-0.4, -0.2) is 24.7 Å². The molecule has 1 aromatic carbocycles. The highest BCUT2D eigenvalue weighted by molar-refractivity contribution is 6.33. The maximum Gasteiger partial charge on any atom is 0.158 e. The van der Waals surface area contributed by atoms with Crippen LogP contribution in [-0.2, 0) is 0 Å². The van der Waals surface area contributed by atoms with Crippen LogP contribution in [0.4, 0.5) is 5.69 Å². The fraction of sp³-hybridized carbons (Fsp3) is 0.222. The van der Waals surface area contributed by atoms with E-state index in [9.17, 15) is 0 Å². The molecule has 0 unspecified atom stereocenters. The van der Waals surface area contributed by atoms with Crippen LogP contribution in [0, 0.1) is 0 Å². The van der Waals surface area contributed by atoms with Crippen LogP contribution in [0.5, 0.6) is 5.75 Å². The first kappa shape index (κ1) is 11.5. The molecule has 15 heavy (non-hydrogen) atoms. The largest absolute Gasteiger partial charge is 0.497 e. The molecule has 0 aromatic heterocycles. The van der Waals surface area contributed by atoms with Gasteiger partial charge in [-0.2, -0.15) is 0 Å². The third-order valence-electron chi connectivity index (χ3n) is 1.76. The molecule has 0 amide bonds. The Morgan fingerprint density at radius 3 is 3.00 bits per heavy atom. The molecule has 1 rings (SSSR count). The third-order valence-corrected chi connectivity index (χ3v) is 2.09.